The van der Waals surface area contributed by atoms with E-state index < -0.39 is 11.9 Å². The van der Waals surface area contributed by atoms with Gasteiger partial charge in [-0.15, -0.1) is 0 Å². The maximum atomic E-state index is 12.8. The number of carbonyl (C=O) groups excluding carboxylic acids is 3. The maximum absolute atomic E-state index is 12.8. The first-order valence-electron chi connectivity index (χ1n) is 13.2. The van der Waals surface area contributed by atoms with E-state index in [0.717, 1.165) is 17.8 Å². The molecule has 2 amide bonds. The predicted octanol–water partition coefficient (Wildman–Crippen LogP) is 3.79. The summed E-state index contributed by atoms with van der Waals surface area (Å²) in [5, 5.41) is 16.2. The number of ketones is 1. The summed E-state index contributed by atoms with van der Waals surface area (Å²) in [6.07, 6.45) is 19.0. The third-order valence-electron chi connectivity index (χ3n) is 9.26. The molecule has 1 unspecified atom stereocenters. The molecule has 1 saturated heterocycles. The minimum absolute atomic E-state index is 0.0421. The summed E-state index contributed by atoms with van der Waals surface area (Å²) in [5.41, 5.74) is -0.162. The van der Waals surface area contributed by atoms with Gasteiger partial charge in [-0.2, -0.15) is 0 Å². The molecular weight excluding hydrogens is 440 g/mol. The van der Waals surface area contributed by atoms with Gasteiger partial charge in [0.1, 0.15) is 11.3 Å². The number of rotatable bonds is 1. The summed E-state index contributed by atoms with van der Waals surface area (Å²) >= 11 is 0. The van der Waals surface area contributed by atoms with Crippen molar-refractivity contribution in [2.45, 2.75) is 45.6 Å². The summed E-state index contributed by atoms with van der Waals surface area (Å²) in [6, 6.07) is -0.663. The zero-order valence-electron chi connectivity index (χ0n) is 20.5. The Hall–Kier alpha value is -2.89. The van der Waals surface area contributed by atoms with Gasteiger partial charge >= 0.3 is 0 Å². The number of aliphatic hydroxyl groups is 1. The highest BCUT2D eigenvalue weighted by Crippen LogP contribution is 2.65. The van der Waals surface area contributed by atoms with Crippen LogP contribution in [-0.4, -0.2) is 35.3 Å². The molecule has 0 aromatic heterocycles. The third-order valence-corrected chi connectivity index (χ3v) is 9.26. The van der Waals surface area contributed by atoms with Crippen molar-refractivity contribution in [1.82, 2.24) is 10.6 Å². The minimum Gasteiger partial charge on any atom is -0.507 e. The first-order chi connectivity index (χ1) is 16.9. The molecule has 0 radical (unpaired) electrons. The Morgan fingerprint density at radius 1 is 1.00 bits per heavy atom. The zero-order valence-corrected chi connectivity index (χ0v) is 20.5. The number of hydrogen-bond donors (Lipinski definition) is 3. The van der Waals surface area contributed by atoms with E-state index in [9.17, 15) is 19.5 Å². The van der Waals surface area contributed by atoms with E-state index >= 15 is 0 Å². The molecule has 2 aliphatic heterocycles. The van der Waals surface area contributed by atoms with Gasteiger partial charge in [0.05, 0.1) is 6.04 Å². The monoisotopic (exact) mass is 476 g/mol. The fourth-order valence-corrected chi connectivity index (χ4v) is 7.53. The van der Waals surface area contributed by atoms with E-state index in [1.54, 1.807) is 6.08 Å². The molecule has 3 aliphatic carbocycles. The van der Waals surface area contributed by atoms with Gasteiger partial charge in [-0.3, -0.25) is 14.4 Å². The first-order valence-corrected chi connectivity index (χ1v) is 13.2. The highest BCUT2D eigenvalue weighted by Gasteiger charge is 2.60. The molecule has 186 valence electrons. The second-order valence-electron chi connectivity index (χ2n) is 10.9. The molecule has 0 spiro atoms. The quantitative estimate of drug-likeness (QED) is 0.396. The fraction of sp³-hybridized carbons (Fsp3) is 0.552. The van der Waals surface area contributed by atoms with E-state index in [4.69, 9.17) is 0 Å². The number of allylic oxidation sites excluding steroid dienone is 7. The smallest absolute Gasteiger partial charge is 0.259 e. The van der Waals surface area contributed by atoms with Crippen LogP contribution in [0.1, 0.15) is 39.5 Å². The Morgan fingerprint density at radius 2 is 1.83 bits per heavy atom. The molecule has 6 heteroatoms. The Balaban J connectivity index is 1.47. The van der Waals surface area contributed by atoms with Crippen molar-refractivity contribution < 1.29 is 19.5 Å². The van der Waals surface area contributed by atoms with E-state index in [1.807, 2.05) is 12.2 Å². The van der Waals surface area contributed by atoms with Crippen LogP contribution in [0.4, 0.5) is 0 Å². The molecule has 35 heavy (non-hydrogen) atoms. The molecule has 3 fully saturated rings. The van der Waals surface area contributed by atoms with Crippen molar-refractivity contribution in [2.75, 3.05) is 6.54 Å². The van der Waals surface area contributed by atoms with Gasteiger partial charge in [0, 0.05) is 18.5 Å². The number of amides is 2. The first kappa shape index (κ1) is 23.8. The summed E-state index contributed by atoms with van der Waals surface area (Å²) in [7, 11) is 0. The van der Waals surface area contributed by atoms with E-state index in [1.165, 1.54) is 25.0 Å². The number of aliphatic hydroxyl groups excluding tert-OH is 1. The van der Waals surface area contributed by atoms with Gasteiger partial charge in [0.25, 0.3) is 5.91 Å². The molecule has 2 saturated carbocycles. The molecule has 0 aromatic carbocycles. The normalized spacial score (nSPS) is 42.8. The van der Waals surface area contributed by atoms with Crippen LogP contribution in [0, 0.1) is 47.3 Å². The number of carbonyl (C=O) groups is 3. The highest BCUT2D eigenvalue weighted by molar-refractivity contribution is 6.27. The van der Waals surface area contributed by atoms with Crippen LogP contribution in [-0.2, 0) is 14.4 Å². The van der Waals surface area contributed by atoms with Crippen molar-refractivity contribution in [3.63, 3.8) is 0 Å². The summed E-state index contributed by atoms with van der Waals surface area (Å²) < 4.78 is 0. The molecule has 2 bridgehead atoms. The fourth-order valence-electron chi connectivity index (χ4n) is 7.53. The number of Topliss-reactive ketones (excluding diaryl/α,β-unsaturated/α-hetero) is 1. The van der Waals surface area contributed by atoms with Crippen LogP contribution in [0.15, 0.2) is 59.9 Å². The number of nitrogens with one attached hydrogen (secondary N) is 2. The minimum atomic E-state index is -0.663. The van der Waals surface area contributed by atoms with Crippen LogP contribution in [0.25, 0.3) is 0 Å². The van der Waals surface area contributed by atoms with Crippen molar-refractivity contribution in [3.05, 3.63) is 59.9 Å². The van der Waals surface area contributed by atoms with Crippen molar-refractivity contribution in [1.29, 1.82) is 0 Å². The lowest BCUT2D eigenvalue weighted by Gasteiger charge is -2.55. The largest absolute Gasteiger partial charge is 0.507 e. The van der Waals surface area contributed by atoms with Crippen LogP contribution >= 0.6 is 0 Å². The molecular formula is C29H36N2O4. The Morgan fingerprint density at radius 3 is 2.63 bits per heavy atom. The van der Waals surface area contributed by atoms with Crippen LogP contribution in [0.3, 0.4) is 0 Å². The van der Waals surface area contributed by atoms with Gasteiger partial charge in [-0.05, 0) is 66.8 Å². The molecule has 5 aliphatic rings. The summed E-state index contributed by atoms with van der Waals surface area (Å²) in [5.74, 6) is 2.94. The average Bonchev–Trinajstić information content (AvgIpc) is 3.27. The Bertz CT molecular complexity index is 1050. The molecule has 5 rings (SSSR count). The summed E-state index contributed by atoms with van der Waals surface area (Å²) in [6.45, 7) is 5.12. The lowest BCUT2D eigenvalue weighted by molar-refractivity contribution is -0.118. The zero-order chi connectivity index (χ0) is 24.7. The Kier molecular flexibility index (Phi) is 6.56. The molecule has 0 aromatic rings. The topological polar surface area (TPSA) is 95.5 Å². The molecule has 2 heterocycles. The average molecular weight is 477 g/mol. The van der Waals surface area contributed by atoms with Crippen molar-refractivity contribution in [2.24, 2.45) is 47.3 Å². The van der Waals surface area contributed by atoms with Gasteiger partial charge < -0.3 is 15.7 Å². The lowest BCUT2D eigenvalue weighted by atomic mass is 9.49. The molecule has 3 N–H and O–H groups in total. The van der Waals surface area contributed by atoms with Crippen molar-refractivity contribution in [3.8, 4) is 0 Å². The van der Waals surface area contributed by atoms with Crippen LogP contribution in [0.5, 0.6) is 0 Å². The summed E-state index contributed by atoms with van der Waals surface area (Å²) in [4.78, 5) is 37.4. The van der Waals surface area contributed by atoms with Crippen LogP contribution in [0.2, 0.25) is 0 Å². The highest BCUT2D eigenvalue weighted by atomic mass is 16.3. The molecule has 9 atom stereocenters. The maximum Gasteiger partial charge on any atom is 0.259 e. The molecule has 6 nitrogen and oxygen atoms in total. The van der Waals surface area contributed by atoms with Gasteiger partial charge in [0.2, 0.25) is 5.91 Å². The second kappa shape index (κ2) is 9.63. The Labute approximate surface area is 207 Å². The third kappa shape index (κ3) is 4.21. The van der Waals surface area contributed by atoms with E-state index in [0.29, 0.717) is 37.1 Å². The van der Waals surface area contributed by atoms with E-state index in [-0.39, 0.29) is 34.9 Å². The van der Waals surface area contributed by atoms with Gasteiger partial charge in [-0.1, -0.05) is 56.7 Å². The van der Waals surface area contributed by atoms with Gasteiger partial charge in [0.15, 0.2) is 5.78 Å². The predicted molar refractivity (Wildman–Crippen MR) is 134 cm³/mol. The second-order valence-corrected chi connectivity index (χ2v) is 10.9. The van der Waals surface area contributed by atoms with E-state index in [2.05, 4.69) is 42.7 Å². The van der Waals surface area contributed by atoms with Gasteiger partial charge in [-0.25, -0.2) is 0 Å². The SMILES string of the molecule is CC[C@H]1C[C@@H]2[C@H]([C@H]1C)[C@@H]1C=C[C@@H]3C=CC(O)=C4C(=O)NC(CCCNC(=O)/C=C/C=C/[C@H]3[C@@H]12)C4=O. The number of hydrogen-bond acceptors (Lipinski definition) is 4. The standard InChI is InChI=1S/C29H36N2O4/c1-3-17-15-21-25(16(17)2)20-12-10-18-11-13-23(32)27-28(34)22(31-29(27)35)8-6-14-30-24(33)9-5-4-7-19(18)26(20)21/h4-5,7,9-13,16-22,25-26,32H,3,6,8,14-15H2,1-2H3,(H,30,33)(H,31,35)/b7-4+,9-5+,13-11?,27-23?/t16-,17-,18+,19+,20-,21+,22?,25+,26-/m0/s1. The van der Waals surface area contributed by atoms with Crippen molar-refractivity contribution >= 4 is 17.6 Å². The lowest BCUT2D eigenvalue weighted by Crippen LogP contribution is -2.51. The number of fused-ring (bicyclic) bond motifs is 8. The van der Waals surface area contributed by atoms with Crippen LogP contribution < -0.4 is 10.6 Å².